The van der Waals surface area contributed by atoms with E-state index in [1.807, 2.05) is 25.1 Å². The van der Waals surface area contributed by atoms with Gasteiger partial charge in [-0.15, -0.1) is 11.3 Å². The summed E-state index contributed by atoms with van der Waals surface area (Å²) in [6, 6.07) is 10.1. The molecule has 0 bridgehead atoms. The number of hydrogen-bond donors (Lipinski definition) is 2. The summed E-state index contributed by atoms with van der Waals surface area (Å²) in [6.45, 7) is 4.59. The summed E-state index contributed by atoms with van der Waals surface area (Å²) < 4.78 is 16.7. The van der Waals surface area contributed by atoms with E-state index in [0.717, 1.165) is 49.0 Å². The molecule has 0 radical (unpaired) electrons. The number of rotatable bonds is 8. The van der Waals surface area contributed by atoms with Crippen LogP contribution in [0.1, 0.15) is 29.4 Å². The molecule has 9 heteroatoms. The van der Waals surface area contributed by atoms with Crippen LogP contribution in [0.5, 0.6) is 11.5 Å². The molecule has 3 aromatic rings. The van der Waals surface area contributed by atoms with Gasteiger partial charge in [-0.25, -0.2) is 0 Å². The highest BCUT2D eigenvalue weighted by Crippen LogP contribution is 2.32. The third-order valence-corrected chi connectivity index (χ3v) is 5.58. The van der Waals surface area contributed by atoms with Crippen LogP contribution >= 0.6 is 11.3 Å². The SMILES string of the molecule is Cc1noc(CCCN=C(NCCc2cccs2)Nc2ccc3c(c2)OCCCO3)n1. The zero-order chi connectivity index (χ0) is 21.3. The summed E-state index contributed by atoms with van der Waals surface area (Å²) in [5.74, 6) is 3.57. The summed E-state index contributed by atoms with van der Waals surface area (Å²) in [5, 5.41) is 12.7. The molecule has 0 atom stereocenters. The number of guanidine groups is 1. The predicted octanol–water partition coefficient (Wildman–Crippen LogP) is 3.83. The number of fused-ring (bicyclic) bond motifs is 1. The van der Waals surface area contributed by atoms with Gasteiger partial charge >= 0.3 is 0 Å². The number of aromatic nitrogens is 2. The van der Waals surface area contributed by atoms with E-state index in [-0.39, 0.29) is 0 Å². The molecule has 0 saturated heterocycles. The third kappa shape index (κ3) is 6.45. The normalized spacial score (nSPS) is 13.6. The fraction of sp³-hybridized carbons (Fsp3) is 0.409. The van der Waals surface area contributed by atoms with Crippen LogP contribution in [0.3, 0.4) is 0 Å². The van der Waals surface area contributed by atoms with Gasteiger partial charge in [-0.1, -0.05) is 11.2 Å². The van der Waals surface area contributed by atoms with Crippen molar-refractivity contribution in [1.29, 1.82) is 0 Å². The molecule has 3 heterocycles. The fourth-order valence-electron chi connectivity index (χ4n) is 3.14. The Labute approximate surface area is 185 Å². The molecule has 0 fully saturated rings. The zero-order valence-corrected chi connectivity index (χ0v) is 18.4. The summed E-state index contributed by atoms with van der Waals surface area (Å²) in [7, 11) is 0. The molecule has 31 heavy (non-hydrogen) atoms. The number of nitrogens with zero attached hydrogens (tertiary/aromatic N) is 3. The average Bonchev–Trinajstić information content (AvgIpc) is 3.37. The first-order chi connectivity index (χ1) is 15.3. The molecular weight excluding hydrogens is 414 g/mol. The lowest BCUT2D eigenvalue weighted by Gasteiger charge is -2.14. The van der Waals surface area contributed by atoms with Gasteiger partial charge in [0.25, 0.3) is 0 Å². The van der Waals surface area contributed by atoms with Crippen molar-refractivity contribution in [3.8, 4) is 11.5 Å². The van der Waals surface area contributed by atoms with E-state index in [2.05, 4.69) is 38.3 Å². The van der Waals surface area contributed by atoms with Crippen LogP contribution in [0, 0.1) is 6.92 Å². The highest BCUT2D eigenvalue weighted by molar-refractivity contribution is 7.09. The number of aliphatic imine (C=N–C) groups is 1. The first-order valence-corrected chi connectivity index (χ1v) is 11.4. The molecule has 8 nitrogen and oxygen atoms in total. The van der Waals surface area contributed by atoms with E-state index in [4.69, 9.17) is 19.0 Å². The number of aryl methyl sites for hydroxylation is 2. The largest absolute Gasteiger partial charge is 0.490 e. The van der Waals surface area contributed by atoms with Crippen molar-refractivity contribution in [2.24, 2.45) is 4.99 Å². The van der Waals surface area contributed by atoms with E-state index < -0.39 is 0 Å². The van der Waals surface area contributed by atoms with Crippen molar-refractivity contribution in [3.63, 3.8) is 0 Å². The van der Waals surface area contributed by atoms with Crippen molar-refractivity contribution in [2.75, 3.05) is 31.6 Å². The molecule has 4 rings (SSSR count). The topological polar surface area (TPSA) is 93.8 Å². The minimum Gasteiger partial charge on any atom is -0.490 e. The fourth-order valence-corrected chi connectivity index (χ4v) is 3.85. The van der Waals surface area contributed by atoms with Gasteiger partial charge < -0.3 is 24.6 Å². The molecule has 0 amide bonds. The Morgan fingerprint density at radius 2 is 2.06 bits per heavy atom. The lowest BCUT2D eigenvalue weighted by Crippen LogP contribution is -2.32. The van der Waals surface area contributed by atoms with Gasteiger partial charge in [0, 0.05) is 42.6 Å². The molecule has 1 aromatic carbocycles. The quantitative estimate of drug-likeness (QED) is 0.312. The van der Waals surface area contributed by atoms with Crippen LogP contribution in [0.2, 0.25) is 0 Å². The molecule has 164 valence electrons. The van der Waals surface area contributed by atoms with Crippen LogP contribution in [0.4, 0.5) is 5.69 Å². The number of ether oxygens (including phenoxy) is 2. The maximum atomic E-state index is 5.80. The van der Waals surface area contributed by atoms with Crippen LogP contribution < -0.4 is 20.1 Å². The number of hydrogen-bond acceptors (Lipinski definition) is 7. The van der Waals surface area contributed by atoms with E-state index >= 15 is 0 Å². The average molecular weight is 442 g/mol. The Bertz CT molecular complexity index is 987. The van der Waals surface area contributed by atoms with Gasteiger partial charge in [-0.3, -0.25) is 4.99 Å². The maximum Gasteiger partial charge on any atom is 0.226 e. The van der Waals surface area contributed by atoms with E-state index in [1.54, 1.807) is 11.3 Å². The number of thiophene rings is 1. The van der Waals surface area contributed by atoms with Gasteiger partial charge in [0.05, 0.1) is 13.2 Å². The molecule has 2 aromatic heterocycles. The molecular formula is C22H27N5O3S. The summed E-state index contributed by atoms with van der Waals surface area (Å²) >= 11 is 1.76. The lowest BCUT2D eigenvalue weighted by molar-refractivity contribution is 0.297. The molecule has 2 N–H and O–H groups in total. The number of anilines is 1. The van der Waals surface area contributed by atoms with Crippen LogP contribution in [-0.4, -0.2) is 42.4 Å². The van der Waals surface area contributed by atoms with Gasteiger partial charge in [0.2, 0.25) is 5.89 Å². The minimum absolute atomic E-state index is 0.639. The van der Waals surface area contributed by atoms with Gasteiger partial charge in [-0.05, 0) is 43.3 Å². The Hall–Kier alpha value is -3.07. The Morgan fingerprint density at radius 1 is 1.16 bits per heavy atom. The summed E-state index contributed by atoms with van der Waals surface area (Å²) in [5.41, 5.74) is 0.902. The third-order valence-electron chi connectivity index (χ3n) is 4.64. The minimum atomic E-state index is 0.639. The first kappa shape index (κ1) is 21.2. The van der Waals surface area contributed by atoms with E-state index in [1.165, 1.54) is 4.88 Å². The van der Waals surface area contributed by atoms with Crippen LogP contribution in [-0.2, 0) is 12.8 Å². The van der Waals surface area contributed by atoms with Gasteiger partial charge in [0.15, 0.2) is 23.3 Å². The smallest absolute Gasteiger partial charge is 0.226 e. The van der Waals surface area contributed by atoms with Gasteiger partial charge in [0.1, 0.15) is 0 Å². The lowest BCUT2D eigenvalue weighted by atomic mass is 10.2. The number of nitrogens with one attached hydrogen (secondary N) is 2. The molecule has 0 aliphatic carbocycles. The summed E-state index contributed by atoms with van der Waals surface area (Å²) in [4.78, 5) is 10.3. The Balaban J connectivity index is 1.37. The molecule has 0 unspecified atom stereocenters. The van der Waals surface area contributed by atoms with Crippen molar-refractivity contribution >= 4 is 23.0 Å². The van der Waals surface area contributed by atoms with Crippen molar-refractivity contribution in [1.82, 2.24) is 15.5 Å². The molecule has 0 spiro atoms. The van der Waals surface area contributed by atoms with Crippen LogP contribution in [0.15, 0.2) is 45.2 Å². The zero-order valence-electron chi connectivity index (χ0n) is 17.6. The first-order valence-electron chi connectivity index (χ1n) is 10.5. The maximum absolute atomic E-state index is 5.80. The number of benzene rings is 1. The molecule has 1 aliphatic rings. The van der Waals surface area contributed by atoms with Crippen molar-refractivity contribution < 1.29 is 14.0 Å². The second kappa shape index (κ2) is 10.8. The highest BCUT2D eigenvalue weighted by Gasteiger charge is 2.11. The Morgan fingerprint density at radius 3 is 2.87 bits per heavy atom. The standard InChI is InChI=1S/C22H27N5O3S/c1-16-25-21(30-27-16)6-2-10-23-22(24-11-9-18-5-3-14-31-18)26-17-7-8-19-20(15-17)29-13-4-12-28-19/h3,5,7-8,14-15H,2,4,6,9-13H2,1H3,(H2,23,24,26). The monoisotopic (exact) mass is 441 g/mol. The second-order valence-electron chi connectivity index (χ2n) is 7.16. The van der Waals surface area contributed by atoms with Crippen molar-refractivity contribution in [2.45, 2.75) is 32.6 Å². The molecule has 0 saturated carbocycles. The highest BCUT2D eigenvalue weighted by atomic mass is 32.1. The van der Waals surface area contributed by atoms with E-state index in [9.17, 15) is 0 Å². The van der Waals surface area contributed by atoms with Crippen molar-refractivity contribution in [3.05, 3.63) is 52.3 Å². The van der Waals surface area contributed by atoms with E-state index in [0.29, 0.717) is 37.9 Å². The predicted molar refractivity (Wildman–Crippen MR) is 121 cm³/mol. The molecule has 1 aliphatic heterocycles. The summed E-state index contributed by atoms with van der Waals surface area (Å²) in [6.07, 6.45) is 3.35. The van der Waals surface area contributed by atoms with Gasteiger partial charge in [-0.2, -0.15) is 4.98 Å². The van der Waals surface area contributed by atoms with Crippen LogP contribution in [0.25, 0.3) is 0 Å². The Kier molecular flexibility index (Phi) is 7.38. The second-order valence-corrected chi connectivity index (χ2v) is 8.19.